The summed E-state index contributed by atoms with van der Waals surface area (Å²) in [7, 11) is 0. The molecule has 1 aliphatic carbocycles. The number of rotatable bonds is 4. The van der Waals surface area contributed by atoms with Crippen molar-refractivity contribution in [2.24, 2.45) is 5.92 Å². The van der Waals surface area contributed by atoms with E-state index in [0.717, 1.165) is 11.0 Å². The van der Waals surface area contributed by atoms with Crippen LogP contribution < -0.4 is 10.6 Å². The summed E-state index contributed by atoms with van der Waals surface area (Å²) in [5, 5.41) is 23.4. The van der Waals surface area contributed by atoms with Crippen molar-refractivity contribution in [2.75, 3.05) is 18.4 Å². The summed E-state index contributed by atoms with van der Waals surface area (Å²) in [5.41, 5.74) is -1.40. The number of aromatic nitrogens is 3. The zero-order valence-electron chi connectivity index (χ0n) is 17.5. The average molecular weight is 498 g/mol. The van der Waals surface area contributed by atoms with E-state index in [-0.39, 0.29) is 48.9 Å². The molecule has 1 aliphatic heterocycles. The first-order valence-electron chi connectivity index (χ1n) is 9.99. The molecule has 3 N–H and O–H groups in total. The number of anilines is 1. The second-order valence-electron chi connectivity index (χ2n) is 8.14. The van der Waals surface area contributed by atoms with Crippen LogP contribution in [0.15, 0.2) is 24.4 Å². The molecule has 1 aromatic heterocycles. The van der Waals surface area contributed by atoms with Crippen LogP contribution in [0.1, 0.15) is 30.5 Å². The summed E-state index contributed by atoms with van der Waals surface area (Å²) in [6.07, 6.45) is 0.130. The van der Waals surface area contributed by atoms with E-state index < -0.39 is 53.8 Å². The molecular weight excluding hydrogens is 479 g/mol. The third kappa shape index (κ3) is 4.81. The maximum Gasteiger partial charge on any atom is 0.311 e. The lowest BCUT2D eigenvalue weighted by Gasteiger charge is -2.46. The lowest BCUT2D eigenvalue weighted by molar-refractivity contribution is -0.159. The second kappa shape index (κ2) is 9.30. The van der Waals surface area contributed by atoms with Crippen molar-refractivity contribution in [1.82, 2.24) is 25.6 Å². The largest absolute Gasteiger partial charge is 0.336 e. The van der Waals surface area contributed by atoms with E-state index in [0.29, 0.717) is 0 Å². The molecule has 14 heteroatoms. The van der Waals surface area contributed by atoms with Crippen LogP contribution in [0, 0.1) is 23.1 Å². The molecule has 3 amide bonds. The molecule has 1 aromatic carbocycles. The maximum absolute atomic E-state index is 13.6. The van der Waals surface area contributed by atoms with Gasteiger partial charge >= 0.3 is 11.8 Å². The monoisotopic (exact) mass is 497 g/mol. The number of nitrogens with one attached hydrogen (secondary N) is 3. The van der Waals surface area contributed by atoms with Crippen LogP contribution in [0.25, 0.3) is 0 Å². The van der Waals surface area contributed by atoms with Gasteiger partial charge in [-0.2, -0.15) is 5.26 Å². The second-order valence-corrected chi connectivity index (χ2v) is 8.14. The molecule has 2 fully saturated rings. The van der Waals surface area contributed by atoms with E-state index in [4.69, 9.17) is 5.26 Å². The van der Waals surface area contributed by atoms with E-state index in [2.05, 4.69) is 26.0 Å². The van der Waals surface area contributed by atoms with Gasteiger partial charge in [-0.1, -0.05) is 5.21 Å². The summed E-state index contributed by atoms with van der Waals surface area (Å²) in [5.74, 6) is -6.85. The Kier molecular flexibility index (Phi) is 6.83. The number of H-pyrrole nitrogens is 1. The molecule has 1 saturated carbocycles. The van der Waals surface area contributed by atoms with E-state index in [1.54, 1.807) is 6.07 Å². The molecule has 180 valence electrons. The van der Waals surface area contributed by atoms with Gasteiger partial charge in [-0.25, -0.2) is 13.2 Å². The highest BCUT2D eigenvalue weighted by atomic mass is 35.5. The number of carbonyl (C=O) groups is 3. The van der Waals surface area contributed by atoms with Crippen LogP contribution >= 0.6 is 12.4 Å². The number of aromatic amines is 1. The molecule has 0 bridgehead atoms. The Balaban J connectivity index is 0.00000324. The normalized spacial score (nSPS) is 19.8. The standard InChI is InChI=1S/C20H18F3N7O3.ClH/c21-14-2-1-13(5-12(14)6-24)26-16(31)11-3-4-30(8-11)18(33)17(32)27-19(9-20(22,23)10-19)15-7-25-29-28-15;/h1-2,5,7,11H,3-4,8-10H2,(H,26,31)(H,27,32)(H,25,28,29);1H/t11-;/m0./s1. The minimum Gasteiger partial charge on any atom is -0.336 e. The van der Waals surface area contributed by atoms with E-state index in [9.17, 15) is 27.6 Å². The number of nitriles is 1. The van der Waals surface area contributed by atoms with Crippen LogP contribution in [0.5, 0.6) is 0 Å². The lowest BCUT2D eigenvalue weighted by Crippen LogP contribution is -2.62. The Hall–Kier alpha value is -3.66. The minimum absolute atomic E-state index is 0. The lowest BCUT2D eigenvalue weighted by atomic mass is 9.71. The number of hydrogen-bond donors (Lipinski definition) is 3. The number of carbonyl (C=O) groups excluding carboxylic acids is 3. The SMILES string of the molecule is Cl.N#Cc1cc(NC(=O)[C@H]2CCN(C(=O)C(=O)NC3(c4c[nH]nn4)CC(F)(F)C3)C2)ccc1F. The summed E-state index contributed by atoms with van der Waals surface area (Å²) >= 11 is 0. The zero-order valence-corrected chi connectivity index (χ0v) is 18.3. The van der Waals surface area contributed by atoms with Crippen molar-refractivity contribution in [3.05, 3.63) is 41.5 Å². The number of nitrogens with zero attached hydrogens (tertiary/aromatic N) is 4. The molecule has 4 rings (SSSR count). The van der Waals surface area contributed by atoms with Crippen LogP contribution in [0.2, 0.25) is 0 Å². The summed E-state index contributed by atoms with van der Waals surface area (Å²) in [6.45, 7) is 0.0574. The Morgan fingerprint density at radius 3 is 2.62 bits per heavy atom. The number of likely N-dealkylation sites (tertiary alicyclic amines) is 1. The number of hydrogen-bond acceptors (Lipinski definition) is 6. The van der Waals surface area contributed by atoms with Crippen LogP contribution in [-0.4, -0.2) is 57.0 Å². The number of halogens is 4. The van der Waals surface area contributed by atoms with E-state index >= 15 is 0 Å². The van der Waals surface area contributed by atoms with Crippen molar-refractivity contribution >= 4 is 35.8 Å². The van der Waals surface area contributed by atoms with Crippen molar-refractivity contribution < 1.29 is 27.6 Å². The summed E-state index contributed by atoms with van der Waals surface area (Å²) in [4.78, 5) is 38.8. The van der Waals surface area contributed by atoms with Gasteiger partial charge in [0.05, 0.1) is 17.0 Å². The third-order valence-electron chi connectivity index (χ3n) is 5.78. The fraction of sp³-hybridized carbons (Fsp3) is 0.400. The van der Waals surface area contributed by atoms with Gasteiger partial charge in [-0.05, 0) is 24.6 Å². The molecule has 1 saturated heterocycles. The van der Waals surface area contributed by atoms with Gasteiger partial charge in [-0.3, -0.25) is 19.5 Å². The summed E-state index contributed by atoms with van der Waals surface area (Å²) in [6, 6.07) is 5.22. The predicted molar refractivity (Wildman–Crippen MR) is 112 cm³/mol. The first kappa shape index (κ1) is 25.0. The fourth-order valence-corrected chi connectivity index (χ4v) is 4.11. The predicted octanol–water partition coefficient (Wildman–Crippen LogP) is 1.47. The molecule has 0 unspecified atom stereocenters. The molecule has 2 aliphatic rings. The van der Waals surface area contributed by atoms with Crippen LogP contribution in [0.3, 0.4) is 0 Å². The van der Waals surface area contributed by atoms with Gasteiger partial charge in [0.25, 0.3) is 5.92 Å². The average Bonchev–Trinajstić information content (AvgIpc) is 3.45. The van der Waals surface area contributed by atoms with Gasteiger partial charge in [0, 0.05) is 37.8 Å². The highest BCUT2D eigenvalue weighted by Gasteiger charge is 2.60. The Morgan fingerprint density at radius 1 is 1.26 bits per heavy atom. The Morgan fingerprint density at radius 2 is 2.00 bits per heavy atom. The third-order valence-corrected chi connectivity index (χ3v) is 5.78. The first-order valence-corrected chi connectivity index (χ1v) is 9.99. The van der Waals surface area contributed by atoms with Gasteiger partial charge in [-0.15, -0.1) is 17.5 Å². The maximum atomic E-state index is 13.6. The van der Waals surface area contributed by atoms with E-state index in [1.165, 1.54) is 18.3 Å². The molecular formula is C20H19ClF3N7O3. The van der Waals surface area contributed by atoms with Crippen molar-refractivity contribution in [1.29, 1.82) is 5.26 Å². The molecule has 0 spiro atoms. The number of benzene rings is 1. The smallest absolute Gasteiger partial charge is 0.311 e. The molecule has 34 heavy (non-hydrogen) atoms. The fourth-order valence-electron chi connectivity index (χ4n) is 4.11. The minimum atomic E-state index is -3.00. The Labute approximate surface area is 197 Å². The molecule has 10 nitrogen and oxygen atoms in total. The van der Waals surface area contributed by atoms with Gasteiger partial charge < -0.3 is 15.5 Å². The highest BCUT2D eigenvalue weighted by molar-refractivity contribution is 6.35. The Bertz CT molecular complexity index is 1140. The van der Waals surface area contributed by atoms with Crippen molar-refractivity contribution in [3.63, 3.8) is 0 Å². The first-order chi connectivity index (χ1) is 15.6. The topological polar surface area (TPSA) is 144 Å². The van der Waals surface area contributed by atoms with Crippen LogP contribution in [-0.2, 0) is 19.9 Å². The van der Waals surface area contributed by atoms with Crippen molar-refractivity contribution in [3.8, 4) is 6.07 Å². The van der Waals surface area contributed by atoms with Gasteiger partial charge in [0.15, 0.2) is 0 Å². The van der Waals surface area contributed by atoms with Gasteiger partial charge in [0.2, 0.25) is 5.91 Å². The van der Waals surface area contributed by atoms with Gasteiger partial charge in [0.1, 0.15) is 17.6 Å². The summed E-state index contributed by atoms with van der Waals surface area (Å²) < 4.78 is 40.6. The highest BCUT2D eigenvalue weighted by Crippen LogP contribution is 2.50. The molecule has 2 heterocycles. The molecule has 2 aromatic rings. The quantitative estimate of drug-likeness (QED) is 0.546. The van der Waals surface area contributed by atoms with Crippen LogP contribution in [0.4, 0.5) is 18.9 Å². The van der Waals surface area contributed by atoms with Crippen molar-refractivity contribution in [2.45, 2.75) is 30.7 Å². The molecule has 0 radical (unpaired) electrons. The number of alkyl halides is 2. The molecule has 1 atom stereocenters. The number of amides is 3. The zero-order chi connectivity index (χ0) is 23.8. The van der Waals surface area contributed by atoms with E-state index in [1.807, 2.05) is 0 Å².